The topological polar surface area (TPSA) is 64.1 Å². The number of hydrogen-bond donors (Lipinski definition) is 2. The van der Waals surface area contributed by atoms with E-state index in [4.69, 9.17) is 5.73 Å². The molecule has 0 fully saturated rings. The minimum Gasteiger partial charge on any atom is -0.383 e. The zero-order valence-corrected chi connectivity index (χ0v) is 10.9. The number of aliphatic hydroxyl groups is 1. The van der Waals surface area contributed by atoms with Gasteiger partial charge < -0.3 is 10.8 Å². The molecule has 1 aromatic carbocycles. The molecule has 1 heterocycles. The Balaban J connectivity index is 2.62. The summed E-state index contributed by atoms with van der Waals surface area (Å²) in [7, 11) is 0. The van der Waals surface area contributed by atoms with Crippen molar-refractivity contribution in [3.8, 4) is 5.69 Å². The van der Waals surface area contributed by atoms with Crippen molar-refractivity contribution >= 4 is 5.82 Å². The molecular formula is C13H14F3N3O. The van der Waals surface area contributed by atoms with Crippen molar-refractivity contribution in [1.29, 1.82) is 0 Å². The van der Waals surface area contributed by atoms with Gasteiger partial charge in [-0.05, 0) is 26.0 Å². The summed E-state index contributed by atoms with van der Waals surface area (Å²) in [4.78, 5) is 0. The number of halogens is 3. The summed E-state index contributed by atoms with van der Waals surface area (Å²) in [5.74, 6) is -0.226. The molecule has 0 amide bonds. The Morgan fingerprint density at radius 1 is 1.20 bits per heavy atom. The van der Waals surface area contributed by atoms with Gasteiger partial charge in [0.2, 0.25) is 0 Å². The van der Waals surface area contributed by atoms with Gasteiger partial charge in [0, 0.05) is 0 Å². The lowest BCUT2D eigenvalue weighted by atomic mass is 9.95. The van der Waals surface area contributed by atoms with Gasteiger partial charge in [-0.25, -0.2) is 4.68 Å². The molecule has 0 saturated carbocycles. The summed E-state index contributed by atoms with van der Waals surface area (Å²) >= 11 is 0. The largest absolute Gasteiger partial charge is 0.421 e. The molecule has 1 atom stereocenters. The number of rotatable bonds is 2. The molecule has 2 rings (SSSR count). The number of aromatic nitrogens is 2. The fraction of sp³-hybridized carbons (Fsp3) is 0.308. The fourth-order valence-corrected chi connectivity index (χ4v) is 2.05. The fourth-order valence-electron chi connectivity index (χ4n) is 2.05. The Morgan fingerprint density at radius 3 is 2.25 bits per heavy atom. The van der Waals surface area contributed by atoms with E-state index in [2.05, 4.69) is 5.10 Å². The van der Waals surface area contributed by atoms with E-state index in [0.29, 0.717) is 12.6 Å². The molecule has 0 spiro atoms. The molecule has 0 saturated heterocycles. The van der Waals surface area contributed by atoms with Crippen molar-refractivity contribution in [2.24, 2.45) is 0 Å². The molecule has 4 nitrogen and oxygen atoms in total. The molecule has 108 valence electrons. The second kappa shape index (κ2) is 4.52. The normalized spacial score (nSPS) is 15.1. The quantitative estimate of drug-likeness (QED) is 0.891. The molecule has 1 aromatic heterocycles. The standard InChI is InChI=1S/C13H14F3N3O/c1-8-10(12(2,20)13(14,15)16)11(17)19(18-8)9-6-4-3-5-7-9/h3-7,20H,17H2,1-2H3/t12-/m1/s1. The van der Waals surface area contributed by atoms with Crippen LogP contribution >= 0.6 is 0 Å². The maximum Gasteiger partial charge on any atom is 0.421 e. The van der Waals surface area contributed by atoms with E-state index in [1.54, 1.807) is 30.3 Å². The number of aryl methyl sites for hydroxylation is 1. The summed E-state index contributed by atoms with van der Waals surface area (Å²) in [5, 5.41) is 13.8. The number of benzene rings is 1. The Labute approximate surface area is 113 Å². The summed E-state index contributed by atoms with van der Waals surface area (Å²) in [5.41, 5.74) is 2.85. The molecule has 0 aliphatic heterocycles. The summed E-state index contributed by atoms with van der Waals surface area (Å²) in [6, 6.07) is 8.52. The minimum atomic E-state index is -4.84. The first-order valence-electron chi connectivity index (χ1n) is 5.86. The number of para-hydroxylation sites is 1. The maximum absolute atomic E-state index is 12.9. The second-order valence-corrected chi connectivity index (χ2v) is 4.66. The zero-order valence-electron chi connectivity index (χ0n) is 10.9. The first-order chi connectivity index (χ1) is 9.16. The molecule has 0 unspecified atom stereocenters. The minimum absolute atomic E-state index is 0.0358. The van der Waals surface area contributed by atoms with Crippen LogP contribution in [0.1, 0.15) is 18.2 Å². The first kappa shape index (κ1) is 14.4. The van der Waals surface area contributed by atoms with E-state index in [-0.39, 0.29) is 11.5 Å². The summed E-state index contributed by atoms with van der Waals surface area (Å²) < 4.78 is 40.0. The predicted octanol–water partition coefficient (Wildman–Crippen LogP) is 2.53. The highest BCUT2D eigenvalue weighted by molar-refractivity contribution is 5.52. The van der Waals surface area contributed by atoms with E-state index in [1.165, 1.54) is 11.6 Å². The SMILES string of the molecule is Cc1nn(-c2ccccc2)c(N)c1[C@@](C)(O)C(F)(F)F. The zero-order chi connectivity index (χ0) is 15.1. The molecule has 7 heteroatoms. The van der Waals surface area contributed by atoms with Crippen LogP contribution in [0.2, 0.25) is 0 Å². The highest BCUT2D eigenvalue weighted by Crippen LogP contribution is 2.42. The van der Waals surface area contributed by atoms with Gasteiger partial charge in [0.1, 0.15) is 5.82 Å². The molecule has 20 heavy (non-hydrogen) atoms. The number of hydrogen-bond acceptors (Lipinski definition) is 3. The number of alkyl halides is 3. The number of anilines is 1. The molecule has 0 aliphatic carbocycles. The third-order valence-corrected chi connectivity index (χ3v) is 3.14. The smallest absolute Gasteiger partial charge is 0.383 e. The van der Waals surface area contributed by atoms with Crippen molar-refractivity contribution in [2.75, 3.05) is 5.73 Å². The third kappa shape index (κ3) is 2.14. The Morgan fingerprint density at radius 2 is 1.75 bits per heavy atom. The van der Waals surface area contributed by atoms with Crippen LogP contribution in [0.5, 0.6) is 0 Å². The van der Waals surface area contributed by atoms with E-state index in [1.807, 2.05) is 0 Å². The van der Waals surface area contributed by atoms with E-state index in [9.17, 15) is 18.3 Å². The molecule has 3 N–H and O–H groups in total. The van der Waals surface area contributed by atoms with Gasteiger partial charge in [-0.3, -0.25) is 0 Å². The molecule has 0 radical (unpaired) electrons. The average Bonchev–Trinajstić information content (AvgIpc) is 2.65. The van der Waals surface area contributed by atoms with Gasteiger partial charge in [0.05, 0.1) is 16.9 Å². The predicted molar refractivity (Wildman–Crippen MR) is 68.3 cm³/mol. The Hall–Kier alpha value is -2.02. The molecule has 0 bridgehead atoms. The van der Waals surface area contributed by atoms with Crippen molar-refractivity contribution in [3.63, 3.8) is 0 Å². The van der Waals surface area contributed by atoms with Gasteiger partial charge in [0.25, 0.3) is 0 Å². The lowest BCUT2D eigenvalue weighted by Gasteiger charge is -2.26. The number of nitrogens with zero attached hydrogens (tertiary/aromatic N) is 2. The first-order valence-corrected chi connectivity index (χ1v) is 5.86. The van der Waals surface area contributed by atoms with Gasteiger partial charge in [-0.2, -0.15) is 18.3 Å². The van der Waals surface area contributed by atoms with Gasteiger partial charge in [0.15, 0.2) is 5.60 Å². The molecule has 0 aliphatic rings. The molecular weight excluding hydrogens is 271 g/mol. The van der Waals surface area contributed by atoms with Crippen LogP contribution in [-0.2, 0) is 5.60 Å². The van der Waals surface area contributed by atoms with Crippen LogP contribution in [0.15, 0.2) is 30.3 Å². The lowest BCUT2D eigenvalue weighted by Crippen LogP contribution is -2.40. The summed E-state index contributed by atoms with van der Waals surface area (Å²) in [6.07, 6.45) is -4.84. The van der Waals surface area contributed by atoms with Gasteiger partial charge >= 0.3 is 6.18 Å². The second-order valence-electron chi connectivity index (χ2n) is 4.66. The van der Waals surface area contributed by atoms with Crippen LogP contribution in [0, 0.1) is 6.92 Å². The third-order valence-electron chi connectivity index (χ3n) is 3.14. The monoisotopic (exact) mass is 285 g/mol. The van der Waals surface area contributed by atoms with Crippen LogP contribution in [-0.4, -0.2) is 21.1 Å². The van der Waals surface area contributed by atoms with Crippen molar-refractivity contribution in [3.05, 3.63) is 41.6 Å². The van der Waals surface area contributed by atoms with Crippen LogP contribution < -0.4 is 5.73 Å². The van der Waals surface area contributed by atoms with Crippen LogP contribution in [0.4, 0.5) is 19.0 Å². The highest BCUT2D eigenvalue weighted by atomic mass is 19.4. The van der Waals surface area contributed by atoms with Gasteiger partial charge in [-0.1, -0.05) is 18.2 Å². The van der Waals surface area contributed by atoms with Crippen molar-refractivity contribution in [1.82, 2.24) is 9.78 Å². The number of nitrogen functional groups attached to an aromatic ring is 1. The number of nitrogens with two attached hydrogens (primary N) is 1. The highest BCUT2D eigenvalue weighted by Gasteiger charge is 2.54. The lowest BCUT2D eigenvalue weighted by molar-refractivity contribution is -0.258. The molecule has 2 aromatic rings. The average molecular weight is 285 g/mol. The maximum atomic E-state index is 12.9. The van der Waals surface area contributed by atoms with Gasteiger partial charge in [-0.15, -0.1) is 0 Å². The Bertz CT molecular complexity index is 618. The van der Waals surface area contributed by atoms with Crippen molar-refractivity contribution < 1.29 is 18.3 Å². The van der Waals surface area contributed by atoms with E-state index >= 15 is 0 Å². The van der Waals surface area contributed by atoms with Crippen LogP contribution in [0.25, 0.3) is 5.69 Å². The summed E-state index contributed by atoms with van der Waals surface area (Å²) in [6.45, 7) is 2.05. The van der Waals surface area contributed by atoms with E-state index < -0.39 is 17.3 Å². The Kier molecular flexibility index (Phi) is 3.25. The van der Waals surface area contributed by atoms with E-state index in [0.717, 1.165) is 0 Å². The van der Waals surface area contributed by atoms with Crippen molar-refractivity contribution in [2.45, 2.75) is 25.6 Å². The van der Waals surface area contributed by atoms with Crippen LogP contribution in [0.3, 0.4) is 0 Å².